The van der Waals surface area contributed by atoms with E-state index in [-0.39, 0.29) is 11.2 Å². The van der Waals surface area contributed by atoms with E-state index in [0.29, 0.717) is 17.7 Å². The lowest BCUT2D eigenvalue weighted by atomic mass is 10.1. The number of nitrogens with zero attached hydrogens (tertiary/aromatic N) is 5. The number of aromatic nitrogens is 4. The molecule has 1 aliphatic heterocycles. The number of anilines is 2. The second kappa shape index (κ2) is 7.54. The van der Waals surface area contributed by atoms with E-state index in [9.17, 15) is 9.59 Å². The van der Waals surface area contributed by atoms with E-state index in [1.807, 2.05) is 4.57 Å². The molecule has 7 heteroatoms. The van der Waals surface area contributed by atoms with Crippen LogP contribution in [0.3, 0.4) is 0 Å². The Morgan fingerprint density at radius 3 is 2.45 bits per heavy atom. The molecule has 0 unspecified atom stereocenters. The number of hydrogen-bond donors (Lipinski definition) is 0. The minimum absolute atomic E-state index is 0.222. The lowest BCUT2D eigenvalue weighted by Gasteiger charge is -2.29. The average Bonchev–Trinajstić information content (AvgIpc) is 3.08. The Bertz CT molecular complexity index is 1160. The van der Waals surface area contributed by atoms with E-state index in [1.165, 1.54) is 20.3 Å². The molecule has 1 aromatic carbocycles. The molecule has 0 spiro atoms. The lowest BCUT2D eigenvalue weighted by molar-refractivity contribution is 0.546. The summed E-state index contributed by atoms with van der Waals surface area (Å²) in [5, 5.41) is 0. The molecule has 4 rings (SSSR count). The van der Waals surface area contributed by atoms with Gasteiger partial charge in [-0.25, -0.2) is 4.79 Å². The molecular weight excluding hydrogens is 366 g/mol. The minimum Gasteiger partial charge on any atom is -0.312 e. The molecule has 2 aromatic heterocycles. The Balaban J connectivity index is 1.90. The summed E-state index contributed by atoms with van der Waals surface area (Å²) in [6.07, 6.45) is 3.79. The molecule has 29 heavy (non-hydrogen) atoms. The molecule has 0 saturated heterocycles. The number of imidazole rings is 1. The maximum absolute atomic E-state index is 13.3. The maximum Gasteiger partial charge on any atom is 0.332 e. The van der Waals surface area contributed by atoms with Gasteiger partial charge in [-0.2, -0.15) is 4.98 Å². The van der Waals surface area contributed by atoms with Crippen LogP contribution >= 0.6 is 0 Å². The van der Waals surface area contributed by atoms with E-state index in [0.717, 1.165) is 50.4 Å². The van der Waals surface area contributed by atoms with Crippen LogP contribution in [0.15, 0.2) is 27.8 Å². The highest BCUT2D eigenvalue weighted by Crippen LogP contribution is 2.32. The Morgan fingerprint density at radius 1 is 1.03 bits per heavy atom. The smallest absolute Gasteiger partial charge is 0.312 e. The van der Waals surface area contributed by atoms with E-state index >= 15 is 0 Å². The molecule has 3 aromatic rings. The van der Waals surface area contributed by atoms with Gasteiger partial charge in [0.25, 0.3) is 5.56 Å². The molecule has 0 N–H and O–H groups in total. The van der Waals surface area contributed by atoms with Crippen molar-refractivity contribution in [3.05, 3.63) is 50.2 Å². The third kappa shape index (κ3) is 3.28. The highest BCUT2D eigenvalue weighted by atomic mass is 16.2. The summed E-state index contributed by atoms with van der Waals surface area (Å²) >= 11 is 0. The van der Waals surface area contributed by atoms with Crippen molar-refractivity contribution in [2.75, 3.05) is 11.4 Å². The Morgan fingerprint density at radius 2 is 1.76 bits per heavy atom. The summed E-state index contributed by atoms with van der Waals surface area (Å²) in [6, 6.07) is 6.43. The molecule has 3 heterocycles. The van der Waals surface area contributed by atoms with Crippen molar-refractivity contribution in [1.29, 1.82) is 0 Å². The summed E-state index contributed by atoms with van der Waals surface area (Å²) in [4.78, 5) is 33.0. The van der Waals surface area contributed by atoms with Crippen LogP contribution in [0, 0.1) is 13.8 Å². The van der Waals surface area contributed by atoms with Crippen LogP contribution < -0.4 is 16.1 Å². The van der Waals surface area contributed by atoms with Crippen LogP contribution in [-0.4, -0.2) is 25.2 Å². The third-order valence-electron chi connectivity index (χ3n) is 5.72. The van der Waals surface area contributed by atoms with E-state index in [4.69, 9.17) is 4.98 Å². The van der Waals surface area contributed by atoms with Gasteiger partial charge in [-0.05, 0) is 49.9 Å². The fourth-order valence-electron chi connectivity index (χ4n) is 4.33. The van der Waals surface area contributed by atoms with Gasteiger partial charge >= 0.3 is 5.69 Å². The summed E-state index contributed by atoms with van der Waals surface area (Å²) < 4.78 is 4.89. The number of fused-ring (bicyclic) bond motifs is 3. The predicted molar refractivity (Wildman–Crippen MR) is 116 cm³/mol. The molecule has 0 radical (unpaired) electrons. The number of aryl methyl sites for hydroxylation is 4. The molecule has 0 aliphatic carbocycles. The van der Waals surface area contributed by atoms with Gasteiger partial charge in [0.05, 0.1) is 0 Å². The van der Waals surface area contributed by atoms with Gasteiger partial charge in [0.1, 0.15) is 0 Å². The first-order chi connectivity index (χ1) is 13.9. The molecule has 0 amide bonds. The highest BCUT2D eigenvalue weighted by molar-refractivity contribution is 5.77. The molecular formula is C22H29N5O2. The fraction of sp³-hybridized carbons (Fsp3) is 0.500. The quantitative estimate of drug-likeness (QED) is 0.622. The average molecular weight is 396 g/mol. The Kier molecular flexibility index (Phi) is 5.06. The predicted octanol–water partition coefficient (Wildman–Crippen LogP) is 3.25. The molecule has 0 bridgehead atoms. The van der Waals surface area contributed by atoms with Crippen molar-refractivity contribution >= 4 is 22.8 Å². The van der Waals surface area contributed by atoms with E-state index in [2.05, 4.69) is 43.9 Å². The standard InChI is InChI=1S/C22H29N5O2/c1-5-6-7-9-27-20(28)18-19(24(4)22(27)29)23-21-25(10-8-11-26(18)21)17-13-15(2)12-16(3)14-17/h12-14H,5-11H2,1-4H3. The van der Waals surface area contributed by atoms with Crippen molar-refractivity contribution in [1.82, 2.24) is 18.7 Å². The molecule has 0 fully saturated rings. The molecule has 154 valence electrons. The van der Waals surface area contributed by atoms with Gasteiger partial charge in [0.15, 0.2) is 11.2 Å². The van der Waals surface area contributed by atoms with Gasteiger partial charge in [-0.3, -0.25) is 13.9 Å². The van der Waals surface area contributed by atoms with E-state index < -0.39 is 0 Å². The van der Waals surface area contributed by atoms with Crippen molar-refractivity contribution in [2.24, 2.45) is 7.05 Å². The van der Waals surface area contributed by atoms with Crippen molar-refractivity contribution in [3.8, 4) is 0 Å². The second-order valence-electron chi connectivity index (χ2n) is 8.09. The van der Waals surface area contributed by atoms with Gasteiger partial charge in [0.2, 0.25) is 5.95 Å². The van der Waals surface area contributed by atoms with Crippen molar-refractivity contribution < 1.29 is 0 Å². The van der Waals surface area contributed by atoms with Crippen LogP contribution in [-0.2, 0) is 20.1 Å². The van der Waals surface area contributed by atoms with Gasteiger partial charge in [-0.15, -0.1) is 0 Å². The SMILES string of the molecule is CCCCCn1c(=O)c2c(nc3n2CCCN3c2cc(C)cc(C)c2)n(C)c1=O. The van der Waals surface area contributed by atoms with Crippen LogP contribution in [0.5, 0.6) is 0 Å². The zero-order valence-corrected chi connectivity index (χ0v) is 17.7. The molecule has 0 saturated carbocycles. The zero-order chi connectivity index (χ0) is 20.7. The Hall–Kier alpha value is -2.83. The molecule has 1 aliphatic rings. The molecule has 0 atom stereocenters. The summed E-state index contributed by atoms with van der Waals surface area (Å²) in [5.41, 5.74) is 3.96. The van der Waals surface area contributed by atoms with Crippen LogP contribution in [0.4, 0.5) is 11.6 Å². The van der Waals surface area contributed by atoms with Crippen molar-refractivity contribution in [2.45, 2.75) is 59.5 Å². The highest BCUT2D eigenvalue weighted by Gasteiger charge is 2.27. The normalized spacial score (nSPS) is 13.9. The summed E-state index contributed by atoms with van der Waals surface area (Å²) in [7, 11) is 1.71. The van der Waals surface area contributed by atoms with E-state index in [1.54, 1.807) is 7.05 Å². The summed E-state index contributed by atoms with van der Waals surface area (Å²) in [6.45, 7) is 8.31. The first-order valence-electron chi connectivity index (χ1n) is 10.5. The maximum atomic E-state index is 13.3. The topological polar surface area (TPSA) is 65.1 Å². The minimum atomic E-state index is -0.285. The van der Waals surface area contributed by atoms with Crippen LogP contribution in [0.25, 0.3) is 11.2 Å². The van der Waals surface area contributed by atoms with Crippen LogP contribution in [0.2, 0.25) is 0 Å². The van der Waals surface area contributed by atoms with Gasteiger partial charge in [-0.1, -0.05) is 25.8 Å². The first-order valence-corrected chi connectivity index (χ1v) is 10.5. The molecule has 7 nitrogen and oxygen atoms in total. The third-order valence-corrected chi connectivity index (χ3v) is 5.72. The zero-order valence-electron chi connectivity index (χ0n) is 17.7. The lowest BCUT2D eigenvalue weighted by Crippen LogP contribution is -2.40. The van der Waals surface area contributed by atoms with Crippen LogP contribution in [0.1, 0.15) is 43.7 Å². The second-order valence-corrected chi connectivity index (χ2v) is 8.09. The first kappa shape index (κ1) is 19.5. The number of unbranched alkanes of at least 4 members (excludes halogenated alkanes) is 2. The Labute approximate surface area is 170 Å². The largest absolute Gasteiger partial charge is 0.332 e. The summed E-state index contributed by atoms with van der Waals surface area (Å²) in [5.74, 6) is 0.745. The number of benzene rings is 1. The monoisotopic (exact) mass is 395 g/mol. The number of rotatable bonds is 5. The number of hydrogen-bond acceptors (Lipinski definition) is 4. The fourth-order valence-corrected chi connectivity index (χ4v) is 4.33. The van der Waals surface area contributed by atoms with Gasteiger partial charge < -0.3 is 9.47 Å². The van der Waals surface area contributed by atoms with Crippen molar-refractivity contribution in [3.63, 3.8) is 0 Å². The van der Waals surface area contributed by atoms with Gasteiger partial charge in [0, 0.05) is 32.4 Å².